The topological polar surface area (TPSA) is 98.6 Å². The molecule has 6 heteroatoms. The summed E-state index contributed by atoms with van der Waals surface area (Å²) >= 11 is 0. The van der Waals surface area contributed by atoms with Crippen molar-refractivity contribution in [2.45, 2.75) is 25.8 Å². The van der Waals surface area contributed by atoms with Crippen LogP contribution in [0.15, 0.2) is 58.8 Å². The zero-order valence-corrected chi connectivity index (χ0v) is 14.6. The molecule has 2 aromatic carbocycles. The Hall–Kier alpha value is -3.51. The number of benzene rings is 2. The van der Waals surface area contributed by atoms with Crippen LogP contribution in [-0.2, 0) is 16.0 Å². The van der Waals surface area contributed by atoms with E-state index in [0.717, 1.165) is 5.56 Å². The molecule has 0 aliphatic heterocycles. The minimum atomic E-state index is -0.756. The first kappa shape index (κ1) is 18.8. The second-order valence-electron chi connectivity index (χ2n) is 6.12. The smallest absolute Gasteiger partial charge is 0.302 e. The average Bonchev–Trinajstić information content (AvgIpc) is 2.66. The highest BCUT2D eigenvalue weighted by atomic mass is 16.5. The first-order valence-corrected chi connectivity index (χ1v) is 7.99. The highest BCUT2D eigenvalue weighted by molar-refractivity contribution is 5.66. The van der Waals surface area contributed by atoms with Crippen molar-refractivity contribution < 1.29 is 9.53 Å². The molecule has 2 rings (SSSR count). The van der Waals surface area contributed by atoms with E-state index in [2.05, 4.69) is 16.3 Å². The first-order valence-electron chi connectivity index (χ1n) is 7.99. The molecule has 2 aromatic rings. The lowest BCUT2D eigenvalue weighted by molar-refractivity contribution is -0.142. The number of ether oxygens (including phenoxy) is 1. The molecule has 0 unspecified atom stereocenters. The summed E-state index contributed by atoms with van der Waals surface area (Å²) in [6, 6.07) is 18.0. The van der Waals surface area contributed by atoms with Crippen LogP contribution in [0.1, 0.15) is 30.5 Å². The Morgan fingerprint density at radius 1 is 1.04 bits per heavy atom. The van der Waals surface area contributed by atoms with Gasteiger partial charge < -0.3 is 4.74 Å². The van der Waals surface area contributed by atoms with Gasteiger partial charge >= 0.3 is 5.97 Å². The lowest BCUT2D eigenvalue weighted by atomic mass is 9.94. The predicted octanol–water partition coefficient (Wildman–Crippen LogP) is 4.08. The molecular weight excluding hydrogens is 328 g/mol. The van der Waals surface area contributed by atoms with Crippen LogP contribution in [-0.4, -0.2) is 18.1 Å². The molecule has 6 nitrogen and oxygen atoms in total. The Morgan fingerprint density at radius 2 is 1.58 bits per heavy atom. The molecule has 0 bridgehead atoms. The normalized spacial score (nSPS) is 12.8. The zero-order valence-electron chi connectivity index (χ0n) is 14.6. The largest absolute Gasteiger partial charge is 0.463 e. The van der Waals surface area contributed by atoms with Crippen LogP contribution in [0.5, 0.6) is 0 Å². The molecule has 0 N–H and O–H groups in total. The maximum absolute atomic E-state index is 11.2. The second kappa shape index (κ2) is 8.55. The number of nitrogens with zero attached hydrogens (tertiary/aromatic N) is 4. The molecule has 0 heterocycles. The number of rotatable bonds is 6. The van der Waals surface area contributed by atoms with Crippen LogP contribution in [0, 0.1) is 22.7 Å². The fraction of sp³-hybridized carbons (Fsp3) is 0.250. The molecule has 0 fully saturated rings. The molecule has 0 saturated carbocycles. The quantitative estimate of drug-likeness (QED) is 0.581. The van der Waals surface area contributed by atoms with Gasteiger partial charge in [-0.25, -0.2) is 0 Å². The molecule has 0 aliphatic carbocycles. The summed E-state index contributed by atoms with van der Waals surface area (Å²) in [7, 11) is 0. The van der Waals surface area contributed by atoms with Crippen LogP contribution in [0.25, 0.3) is 0 Å². The van der Waals surface area contributed by atoms with Crippen molar-refractivity contribution in [3.8, 4) is 12.1 Å². The fourth-order valence-electron chi connectivity index (χ4n) is 2.29. The lowest BCUT2D eigenvalue weighted by Crippen LogP contribution is -2.32. The number of hydrogen-bond acceptors (Lipinski definition) is 6. The Kier molecular flexibility index (Phi) is 6.19. The van der Waals surface area contributed by atoms with E-state index in [1.165, 1.54) is 6.92 Å². The number of carbonyl (C=O) groups is 1. The Balaban J connectivity index is 2.21. The fourth-order valence-corrected chi connectivity index (χ4v) is 2.29. The maximum Gasteiger partial charge on any atom is 0.302 e. The summed E-state index contributed by atoms with van der Waals surface area (Å²) in [5.41, 5.74) is 1.93. The number of esters is 1. The number of nitriles is 2. The minimum Gasteiger partial charge on any atom is -0.463 e. The van der Waals surface area contributed by atoms with E-state index >= 15 is 0 Å². The van der Waals surface area contributed by atoms with E-state index in [0.29, 0.717) is 23.2 Å². The molecule has 0 amide bonds. The van der Waals surface area contributed by atoms with E-state index in [9.17, 15) is 4.79 Å². The van der Waals surface area contributed by atoms with Gasteiger partial charge in [-0.15, -0.1) is 0 Å². The summed E-state index contributed by atoms with van der Waals surface area (Å²) in [4.78, 5) is 11.2. The van der Waals surface area contributed by atoms with E-state index < -0.39 is 5.54 Å². The van der Waals surface area contributed by atoms with Crippen molar-refractivity contribution in [3.05, 3.63) is 65.2 Å². The van der Waals surface area contributed by atoms with Gasteiger partial charge in [-0.2, -0.15) is 20.8 Å². The van der Waals surface area contributed by atoms with Crippen LogP contribution >= 0.6 is 0 Å². The molecule has 0 aliphatic rings. The number of carbonyl (C=O) groups excluding carboxylic acids is 1. The highest BCUT2D eigenvalue weighted by Crippen LogP contribution is 2.23. The van der Waals surface area contributed by atoms with Crippen molar-refractivity contribution in [1.82, 2.24) is 0 Å². The molecular formula is C20H18N4O2. The van der Waals surface area contributed by atoms with Crippen molar-refractivity contribution >= 4 is 11.7 Å². The van der Waals surface area contributed by atoms with Gasteiger partial charge in [0.05, 0.1) is 29.0 Å². The van der Waals surface area contributed by atoms with Gasteiger partial charge in [0.1, 0.15) is 12.1 Å². The monoisotopic (exact) mass is 346 g/mol. The van der Waals surface area contributed by atoms with Crippen molar-refractivity contribution in [2.24, 2.45) is 10.2 Å². The second-order valence-corrected chi connectivity index (χ2v) is 6.12. The van der Waals surface area contributed by atoms with Crippen molar-refractivity contribution in [1.29, 1.82) is 10.5 Å². The summed E-state index contributed by atoms with van der Waals surface area (Å²) in [6.45, 7) is 3.28. The van der Waals surface area contributed by atoms with Gasteiger partial charge in [0, 0.05) is 13.3 Å². The SMILES string of the molecule is CC(=O)OC[C@](C)(Cc1ccc(C#N)cc1)N=Nc1ccc(C#N)cc1. The number of azo groups is 1. The van der Waals surface area contributed by atoms with Crippen molar-refractivity contribution in [2.75, 3.05) is 6.61 Å². The standard InChI is InChI=1S/C20H18N4O2/c1-15(25)26-14-20(2,11-16-3-5-17(12-21)6-4-16)24-23-19-9-7-18(13-22)8-10-19/h3-10H,11,14H2,1-2H3/t20-/m0/s1. The molecule has 26 heavy (non-hydrogen) atoms. The third-order valence-corrected chi connectivity index (χ3v) is 3.66. The summed E-state index contributed by atoms with van der Waals surface area (Å²) in [5, 5.41) is 26.4. The molecule has 0 spiro atoms. The van der Waals surface area contributed by atoms with Crippen molar-refractivity contribution in [3.63, 3.8) is 0 Å². The van der Waals surface area contributed by atoms with E-state index in [1.54, 1.807) is 36.4 Å². The first-order chi connectivity index (χ1) is 12.4. The molecule has 0 radical (unpaired) electrons. The van der Waals surface area contributed by atoms with Gasteiger partial charge in [0.15, 0.2) is 0 Å². The predicted molar refractivity (Wildman–Crippen MR) is 95.6 cm³/mol. The van der Waals surface area contributed by atoms with E-state index in [-0.39, 0.29) is 12.6 Å². The van der Waals surface area contributed by atoms with Crippen LogP contribution in [0.4, 0.5) is 5.69 Å². The van der Waals surface area contributed by atoms with Gasteiger partial charge in [0.2, 0.25) is 0 Å². The van der Waals surface area contributed by atoms with Gasteiger partial charge in [-0.3, -0.25) is 4.79 Å². The molecule has 0 saturated heterocycles. The third kappa shape index (κ3) is 5.54. The summed E-state index contributed by atoms with van der Waals surface area (Å²) in [5.74, 6) is -0.385. The average molecular weight is 346 g/mol. The number of hydrogen-bond donors (Lipinski definition) is 0. The third-order valence-electron chi connectivity index (χ3n) is 3.66. The van der Waals surface area contributed by atoms with Crippen LogP contribution in [0.2, 0.25) is 0 Å². The minimum absolute atomic E-state index is 0.0854. The maximum atomic E-state index is 11.2. The van der Waals surface area contributed by atoms with E-state index in [4.69, 9.17) is 15.3 Å². The summed E-state index contributed by atoms with van der Waals surface area (Å²) in [6.07, 6.45) is 0.492. The zero-order chi connectivity index (χ0) is 19.0. The van der Waals surface area contributed by atoms with Crippen LogP contribution < -0.4 is 0 Å². The van der Waals surface area contributed by atoms with Gasteiger partial charge in [0.25, 0.3) is 0 Å². The highest BCUT2D eigenvalue weighted by Gasteiger charge is 2.26. The summed E-state index contributed by atoms with van der Waals surface area (Å²) < 4.78 is 5.16. The Bertz CT molecular complexity index is 874. The molecule has 0 aromatic heterocycles. The van der Waals surface area contributed by atoms with Gasteiger partial charge in [-0.1, -0.05) is 12.1 Å². The Labute approximate surface area is 152 Å². The molecule has 130 valence electrons. The van der Waals surface area contributed by atoms with E-state index in [1.807, 2.05) is 25.1 Å². The molecule has 1 atom stereocenters. The Morgan fingerprint density at radius 3 is 2.08 bits per heavy atom. The van der Waals surface area contributed by atoms with Gasteiger partial charge in [-0.05, 0) is 48.9 Å². The van der Waals surface area contributed by atoms with Crippen LogP contribution in [0.3, 0.4) is 0 Å². The lowest BCUT2D eigenvalue weighted by Gasteiger charge is -2.23.